The van der Waals surface area contributed by atoms with Crippen LogP contribution in [0.4, 0.5) is 5.82 Å². The number of nitrogens with zero attached hydrogens (tertiary/aromatic N) is 3. The molecule has 0 saturated carbocycles. The summed E-state index contributed by atoms with van der Waals surface area (Å²) >= 11 is 0. The van der Waals surface area contributed by atoms with Crippen molar-refractivity contribution in [3.05, 3.63) is 24.5 Å². The topological polar surface area (TPSA) is 42.2 Å². The van der Waals surface area contributed by atoms with E-state index < -0.39 is 0 Å². The van der Waals surface area contributed by atoms with Gasteiger partial charge in [-0.05, 0) is 18.4 Å². The van der Waals surface area contributed by atoms with Gasteiger partial charge in [0, 0.05) is 18.3 Å². The van der Waals surface area contributed by atoms with Gasteiger partial charge in [-0.3, -0.25) is 0 Å². The molecule has 0 bridgehead atoms. The Morgan fingerprint density at radius 2 is 2.19 bits per heavy atom. The number of aromatic nitrogens is 3. The Labute approximate surface area is 95.7 Å². The van der Waals surface area contributed by atoms with Gasteiger partial charge in [0.25, 0.3) is 0 Å². The monoisotopic (exact) mass is 218 g/mol. The largest absolute Gasteiger partial charge is 0.367 e. The summed E-state index contributed by atoms with van der Waals surface area (Å²) in [6, 6.07) is 4.34. The van der Waals surface area contributed by atoms with Crippen LogP contribution in [0.2, 0.25) is 0 Å². The van der Waals surface area contributed by atoms with E-state index in [-0.39, 0.29) is 0 Å². The number of anilines is 1. The lowest BCUT2D eigenvalue weighted by Crippen LogP contribution is -2.25. The fourth-order valence-electron chi connectivity index (χ4n) is 1.82. The zero-order valence-electron chi connectivity index (χ0n) is 10.0. The Morgan fingerprint density at radius 1 is 1.38 bits per heavy atom. The van der Waals surface area contributed by atoms with Crippen molar-refractivity contribution in [1.29, 1.82) is 0 Å². The number of hydrogen-bond donors (Lipinski definition) is 1. The van der Waals surface area contributed by atoms with Crippen molar-refractivity contribution in [2.75, 3.05) is 5.32 Å². The molecule has 0 aliphatic carbocycles. The first kappa shape index (κ1) is 10.9. The van der Waals surface area contributed by atoms with E-state index >= 15 is 0 Å². The molecule has 1 atom stereocenters. The van der Waals surface area contributed by atoms with Crippen LogP contribution < -0.4 is 5.32 Å². The van der Waals surface area contributed by atoms with Crippen molar-refractivity contribution in [3.8, 4) is 0 Å². The Bertz CT molecular complexity index is 461. The summed E-state index contributed by atoms with van der Waals surface area (Å²) in [7, 11) is 0. The zero-order valence-corrected chi connectivity index (χ0v) is 10.0. The summed E-state index contributed by atoms with van der Waals surface area (Å²) in [5.41, 5.74) is 0.878. The Hall–Kier alpha value is -1.58. The van der Waals surface area contributed by atoms with Gasteiger partial charge in [-0.1, -0.05) is 20.8 Å². The van der Waals surface area contributed by atoms with Crippen LogP contribution in [0.25, 0.3) is 5.65 Å². The Balaban J connectivity index is 2.19. The van der Waals surface area contributed by atoms with Gasteiger partial charge in [0.1, 0.15) is 5.82 Å². The van der Waals surface area contributed by atoms with Crippen molar-refractivity contribution in [3.63, 3.8) is 0 Å². The van der Waals surface area contributed by atoms with Gasteiger partial charge in [0.15, 0.2) is 5.65 Å². The van der Waals surface area contributed by atoms with E-state index in [0.717, 1.165) is 17.9 Å². The molecule has 0 amide bonds. The van der Waals surface area contributed by atoms with Crippen LogP contribution in [0.15, 0.2) is 24.5 Å². The molecule has 1 N–H and O–H groups in total. The molecule has 4 nitrogen and oxygen atoms in total. The molecular formula is C12H18N4. The van der Waals surface area contributed by atoms with Crippen LogP contribution in [0, 0.1) is 5.92 Å². The quantitative estimate of drug-likeness (QED) is 0.857. The molecule has 0 saturated heterocycles. The molecule has 2 aromatic rings. The highest BCUT2D eigenvalue weighted by Gasteiger charge is 2.11. The molecule has 16 heavy (non-hydrogen) atoms. The molecule has 0 radical (unpaired) electrons. The molecule has 2 rings (SSSR count). The van der Waals surface area contributed by atoms with E-state index in [1.54, 1.807) is 10.7 Å². The third-order valence-corrected chi connectivity index (χ3v) is 2.84. The second-order valence-electron chi connectivity index (χ2n) is 4.35. The fraction of sp³-hybridized carbons (Fsp3) is 0.500. The second-order valence-corrected chi connectivity index (χ2v) is 4.35. The normalized spacial score (nSPS) is 13.2. The van der Waals surface area contributed by atoms with Gasteiger partial charge in [-0.15, -0.1) is 0 Å². The molecule has 0 aromatic carbocycles. The smallest absolute Gasteiger partial charge is 0.157 e. The lowest BCUT2D eigenvalue weighted by Gasteiger charge is -2.21. The first-order valence-corrected chi connectivity index (χ1v) is 5.77. The molecule has 86 valence electrons. The third kappa shape index (κ3) is 2.15. The highest BCUT2D eigenvalue weighted by atomic mass is 15.2. The minimum atomic E-state index is 0.470. The van der Waals surface area contributed by atoms with E-state index in [1.807, 2.05) is 18.3 Å². The van der Waals surface area contributed by atoms with Crippen molar-refractivity contribution >= 4 is 11.5 Å². The first-order chi connectivity index (χ1) is 7.70. The summed E-state index contributed by atoms with van der Waals surface area (Å²) < 4.78 is 1.77. The van der Waals surface area contributed by atoms with Crippen molar-refractivity contribution in [2.45, 2.75) is 33.2 Å². The molecule has 2 heterocycles. The van der Waals surface area contributed by atoms with E-state index in [4.69, 9.17) is 0 Å². The van der Waals surface area contributed by atoms with Gasteiger partial charge >= 0.3 is 0 Å². The van der Waals surface area contributed by atoms with Crippen molar-refractivity contribution < 1.29 is 0 Å². The Morgan fingerprint density at radius 3 is 2.88 bits per heavy atom. The summed E-state index contributed by atoms with van der Waals surface area (Å²) in [4.78, 5) is 4.49. The van der Waals surface area contributed by atoms with Gasteiger partial charge in [0.2, 0.25) is 0 Å². The van der Waals surface area contributed by atoms with E-state index in [9.17, 15) is 0 Å². The minimum Gasteiger partial charge on any atom is -0.367 e. The average Bonchev–Trinajstić information content (AvgIpc) is 2.72. The van der Waals surface area contributed by atoms with Crippen LogP contribution in [-0.4, -0.2) is 20.6 Å². The van der Waals surface area contributed by atoms with E-state index in [1.165, 1.54) is 0 Å². The summed E-state index contributed by atoms with van der Waals surface area (Å²) in [5, 5.41) is 7.58. The lowest BCUT2D eigenvalue weighted by atomic mass is 10.0. The van der Waals surface area contributed by atoms with Crippen LogP contribution in [0.3, 0.4) is 0 Å². The van der Waals surface area contributed by atoms with Crippen LogP contribution in [0.5, 0.6) is 0 Å². The van der Waals surface area contributed by atoms with Crippen molar-refractivity contribution in [2.24, 2.45) is 5.92 Å². The number of fused-ring (bicyclic) bond motifs is 1. The molecule has 4 heteroatoms. The number of rotatable bonds is 4. The lowest BCUT2D eigenvalue weighted by molar-refractivity contribution is 0.510. The maximum atomic E-state index is 4.49. The van der Waals surface area contributed by atoms with Gasteiger partial charge in [-0.25, -0.2) is 9.50 Å². The van der Waals surface area contributed by atoms with Gasteiger partial charge in [-0.2, -0.15) is 5.10 Å². The highest BCUT2D eigenvalue weighted by molar-refractivity contribution is 5.45. The predicted molar refractivity (Wildman–Crippen MR) is 65.5 cm³/mol. The molecule has 0 aliphatic rings. The van der Waals surface area contributed by atoms with Crippen LogP contribution >= 0.6 is 0 Å². The number of nitrogens with one attached hydrogen (secondary N) is 1. The van der Waals surface area contributed by atoms with Gasteiger partial charge < -0.3 is 5.32 Å². The fourth-order valence-corrected chi connectivity index (χ4v) is 1.82. The Kier molecular flexibility index (Phi) is 3.08. The summed E-state index contributed by atoms with van der Waals surface area (Å²) in [6.07, 6.45) is 4.79. The molecule has 0 aliphatic heterocycles. The summed E-state index contributed by atoms with van der Waals surface area (Å²) in [5.74, 6) is 1.53. The van der Waals surface area contributed by atoms with Crippen LogP contribution in [0.1, 0.15) is 27.2 Å². The highest BCUT2D eigenvalue weighted by Crippen LogP contribution is 2.13. The third-order valence-electron chi connectivity index (χ3n) is 2.84. The molecular weight excluding hydrogens is 200 g/mol. The summed E-state index contributed by atoms with van der Waals surface area (Å²) in [6.45, 7) is 6.63. The minimum absolute atomic E-state index is 0.470. The van der Waals surface area contributed by atoms with Crippen molar-refractivity contribution in [1.82, 2.24) is 14.6 Å². The van der Waals surface area contributed by atoms with Crippen LogP contribution in [-0.2, 0) is 0 Å². The average molecular weight is 218 g/mol. The molecule has 0 spiro atoms. The first-order valence-electron chi connectivity index (χ1n) is 5.77. The zero-order chi connectivity index (χ0) is 11.5. The SMILES string of the molecule is CCC(Nc1ccn2nccc2n1)C(C)C. The predicted octanol–water partition coefficient (Wildman–Crippen LogP) is 2.58. The maximum Gasteiger partial charge on any atom is 0.157 e. The van der Waals surface area contributed by atoms with E-state index in [0.29, 0.717) is 12.0 Å². The maximum absolute atomic E-state index is 4.49. The van der Waals surface area contributed by atoms with Gasteiger partial charge in [0.05, 0.1) is 6.20 Å². The second kappa shape index (κ2) is 4.51. The molecule has 2 aromatic heterocycles. The molecule has 0 fully saturated rings. The standard InChI is InChI=1S/C12H18N4/c1-4-10(9(2)3)14-11-6-8-16-12(15-11)5-7-13-16/h5-10H,4H2,1-3H3,(H,14,15). The molecule has 1 unspecified atom stereocenters. The van der Waals surface area contributed by atoms with E-state index in [2.05, 4.69) is 36.2 Å². The number of hydrogen-bond acceptors (Lipinski definition) is 3.